The van der Waals surface area contributed by atoms with Crippen LogP contribution in [0.5, 0.6) is 11.5 Å². The molecule has 0 saturated carbocycles. The quantitative estimate of drug-likeness (QED) is 0.827. The summed E-state index contributed by atoms with van der Waals surface area (Å²) < 4.78 is 5.48. The maximum Gasteiger partial charge on any atom is 0.309 e. The van der Waals surface area contributed by atoms with Gasteiger partial charge in [0.1, 0.15) is 11.5 Å². The molecule has 0 spiro atoms. The molecule has 1 aromatic rings. The van der Waals surface area contributed by atoms with E-state index >= 15 is 0 Å². The number of hydrogen-bond acceptors (Lipinski definition) is 3. The Labute approximate surface area is 99.8 Å². The Hall–Kier alpha value is -1.71. The van der Waals surface area contributed by atoms with E-state index < -0.39 is 11.4 Å². The lowest BCUT2D eigenvalue weighted by Gasteiger charge is -2.35. The molecule has 0 bridgehead atoms. The van der Waals surface area contributed by atoms with E-state index in [0.29, 0.717) is 18.8 Å². The standard InChI is InChI=1S/C13H16O4/c1-13(2,12(15)16)10-5-6-17-11-4-3-8(14)7-9(10)11/h3-4,7,10,14H,5-6H2,1-2H3,(H,15,16). The van der Waals surface area contributed by atoms with E-state index in [1.807, 2.05) is 0 Å². The number of hydrogen-bond donors (Lipinski definition) is 2. The molecule has 17 heavy (non-hydrogen) atoms. The Balaban J connectivity index is 2.47. The van der Waals surface area contributed by atoms with Crippen LogP contribution in [0.1, 0.15) is 31.7 Å². The second-order valence-electron chi connectivity index (χ2n) is 4.94. The molecule has 4 heteroatoms. The van der Waals surface area contributed by atoms with Crippen molar-refractivity contribution in [1.29, 1.82) is 0 Å². The minimum atomic E-state index is -0.869. The first-order valence-corrected chi connectivity index (χ1v) is 5.62. The summed E-state index contributed by atoms with van der Waals surface area (Å²) >= 11 is 0. The molecule has 0 saturated heterocycles. The van der Waals surface area contributed by atoms with E-state index in [2.05, 4.69) is 0 Å². The zero-order valence-corrected chi connectivity index (χ0v) is 9.93. The lowest BCUT2D eigenvalue weighted by Crippen LogP contribution is -2.34. The first-order chi connectivity index (χ1) is 7.93. The first-order valence-electron chi connectivity index (χ1n) is 5.62. The smallest absolute Gasteiger partial charge is 0.309 e. The average molecular weight is 236 g/mol. The van der Waals surface area contributed by atoms with Crippen LogP contribution in [-0.4, -0.2) is 22.8 Å². The Morgan fingerprint density at radius 1 is 1.47 bits per heavy atom. The third-order valence-electron chi connectivity index (χ3n) is 3.46. The fourth-order valence-electron chi connectivity index (χ4n) is 2.28. The zero-order chi connectivity index (χ0) is 12.6. The summed E-state index contributed by atoms with van der Waals surface area (Å²) in [5.41, 5.74) is -0.0876. The molecule has 1 aliphatic rings. The van der Waals surface area contributed by atoms with Crippen LogP contribution in [-0.2, 0) is 4.79 Å². The molecule has 1 aromatic carbocycles. The van der Waals surface area contributed by atoms with Crippen molar-refractivity contribution in [2.24, 2.45) is 5.41 Å². The van der Waals surface area contributed by atoms with Gasteiger partial charge in [-0.25, -0.2) is 0 Å². The lowest BCUT2D eigenvalue weighted by molar-refractivity contribution is -0.148. The van der Waals surface area contributed by atoms with Gasteiger partial charge in [-0.3, -0.25) is 4.79 Å². The van der Waals surface area contributed by atoms with Gasteiger partial charge in [0.2, 0.25) is 0 Å². The molecule has 0 aliphatic carbocycles. The number of fused-ring (bicyclic) bond motifs is 1. The van der Waals surface area contributed by atoms with Crippen LogP contribution in [0, 0.1) is 5.41 Å². The summed E-state index contributed by atoms with van der Waals surface area (Å²) in [4.78, 5) is 11.3. The highest BCUT2D eigenvalue weighted by Crippen LogP contribution is 2.45. The fraction of sp³-hybridized carbons (Fsp3) is 0.462. The number of phenols is 1. The number of aromatic hydroxyl groups is 1. The van der Waals surface area contributed by atoms with Gasteiger partial charge in [0, 0.05) is 11.5 Å². The largest absolute Gasteiger partial charge is 0.508 e. The summed E-state index contributed by atoms with van der Waals surface area (Å²) in [5, 5.41) is 18.8. The van der Waals surface area contributed by atoms with E-state index in [1.54, 1.807) is 32.0 Å². The van der Waals surface area contributed by atoms with Crippen LogP contribution in [0.25, 0.3) is 0 Å². The van der Waals surface area contributed by atoms with Gasteiger partial charge in [-0.05, 0) is 38.5 Å². The van der Waals surface area contributed by atoms with Gasteiger partial charge in [0.25, 0.3) is 0 Å². The molecular weight excluding hydrogens is 220 g/mol. The van der Waals surface area contributed by atoms with Gasteiger partial charge in [0.05, 0.1) is 12.0 Å². The minimum Gasteiger partial charge on any atom is -0.508 e. The minimum absolute atomic E-state index is 0.139. The van der Waals surface area contributed by atoms with Crippen LogP contribution in [0.4, 0.5) is 0 Å². The highest BCUT2D eigenvalue weighted by Gasteiger charge is 2.40. The normalized spacial score (nSPS) is 19.3. The summed E-state index contributed by atoms with van der Waals surface area (Å²) in [5.74, 6) is -0.164. The second kappa shape index (κ2) is 3.95. The molecule has 92 valence electrons. The predicted octanol–water partition coefficient (Wildman–Crippen LogP) is 2.37. The monoisotopic (exact) mass is 236 g/mol. The first kappa shape index (κ1) is 11.8. The van der Waals surface area contributed by atoms with E-state index in [4.69, 9.17) is 4.74 Å². The molecule has 1 atom stereocenters. The highest BCUT2D eigenvalue weighted by atomic mass is 16.5. The SMILES string of the molecule is CC(C)(C(=O)O)C1CCOc2ccc(O)cc21. The molecule has 1 unspecified atom stereocenters. The molecule has 2 rings (SSSR count). The predicted molar refractivity (Wildman–Crippen MR) is 62.4 cm³/mol. The van der Waals surface area contributed by atoms with Crippen molar-refractivity contribution >= 4 is 5.97 Å². The van der Waals surface area contributed by atoms with E-state index in [9.17, 15) is 15.0 Å². The van der Waals surface area contributed by atoms with Crippen LogP contribution in [0.2, 0.25) is 0 Å². The Kier molecular flexibility index (Phi) is 2.73. The summed E-state index contributed by atoms with van der Waals surface area (Å²) in [6.45, 7) is 3.93. The molecule has 1 aliphatic heterocycles. The van der Waals surface area contributed by atoms with E-state index in [1.165, 1.54) is 0 Å². The summed E-state index contributed by atoms with van der Waals surface area (Å²) in [7, 11) is 0. The van der Waals surface area contributed by atoms with Crippen molar-refractivity contribution < 1.29 is 19.7 Å². The third kappa shape index (κ3) is 1.95. The number of ether oxygens (including phenoxy) is 1. The molecule has 0 aromatic heterocycles. The number of rotatable bonds is 2. The number of carbonyl (C=O) groups is 1. The van der Waals surface area contributed by atoms with Crippen molar-refractivity contribution in [2.75, 3.05) is 6.61 Å². The Morgan fingerprint density at radius 3 is 2.82 bits per heavy atom. The topological polar surface area (TPSA) is 66.8 Å². The highest BCUT2D eigenvalue weighted by molar-refractivity contribution is 5.75. The average Bonchev–Trinajstić information content (AvgIpc) is 2.27. The van der Waals surface area contributed by atoms with Crippen LogP contribution in [0.3, 0.4) is 0 Å². The van der Waals surface area contributed by atoms with Gasteiger partial charge in [-0.15, -0.1) is 0 Å². The molecule has 2 N–H and O–H groups in total. The van der Waals surface area contributed by atoms with Crippen molar-refractivity contribution in [3.63, 3.8) is 0 Å². The number of benzene rings is 1. The Morgan fingerprint density at radius 2 is 2.18 bits per heavy atom. The molecule has 0 radical (unpaired) electrons. The van der Waals surface area contributed by atoms with E-state index in [0.717, 1.165) is 5.56 Å². The molecule has 0 fully saturated rings. The molecule has 4 nitrogen and oxygen atoms in total. The molecular formula is C13H16O4. The van der Waals surface area contributed by atoms with Crippen LogP contribution >= 0.6 is 0 Å². The second-order valence-corrected chi connectivity index (χ2v) is 4.94. The molecule has 1 heterocycles. The van der Waals surface area contributed by atoms with Gasteiger partial charge >= 0.3 is 5.97 Å². The number of carboxylic acid groups (broad SMARTS) is 1. The van der Waals surface area contributed by atoms with Gasteiger partial charge < -0.3 is 14.9 Å². The van der Waals surface area contributed by atoms with Crippen molar-refractivity contribution in [3.05, 3.63) is 23.8 Å². The van der Waals surface area contributed by atoms with Gasteiger partial charge in [0.15, 0.2) is 0 Å². The Bertz CT molecular complexity index is 451. The molecule has 0 amide bonds. The van der Waals surface area contributed by atoms with Crippen LogP contribution in [0.15, 0.2) is 18.2 Å². The fourth-order valence-corrected chi connectivity index (χ4v) is 2.28. The van der Waals surface area contributed by atoms with Crippen molar-refractivity contribution in [3.8, 4) is 11.5 Å². The number of aliphatic carboxylic acids is 1. The van der Waals surface area contributed by atoms with E-state index in [-0.39, 0.29) is 11.7 Å². The van der Waals surface area contributed by atoms with Crippen molar-refractivity contribution in [2.45, 2.75) is 26.2 Å². The third-order valence-corrected chi connectivity index (χ3v) is 3.46. The number of phenolic OH excluding ortho intramolecular Hbond substituents is 1. The van der Waals surface area contributed by atoms with Crippen molar-refractivity contribution in [1.82, 2.24) is 0 Å². The maximum absolute atomic E-state index is 11.3. The maximum atomic E-state index is 11.3. The number of carboxylic acids is 1. The lowest BCUT2D eigenvalue weighted by atomic mass is 9.72. The van der Waals surface area contributed by atoms with Gasteiger partial charge in [-0.1, -0.05) is 0 Å². The van der Waals surface area contributed by atoms with Crippen LogP contribution < -0.4 is 4.74 Å². The zero-order valence-electron chi connectivity index (χ0n) is 9.93. The summed E-state index contributed by atoms with van der Waals surface area (Å²) in [6, 6.07) is 4.84. The summed E-state index contributed by atoms with van der Waals surface area (Å²) in [6.07, 6.45) is 0.649. The van der Waals surface area contributed by atoms with Gasteiger partial charge in [-0.2, -0.15) is 0 Å².